The van der Waals surface area contributed by atoms with Crippen molar-refractivity contribution < 1.29 is 14.3 Å². The first-order chi connectivity index (χ1) is 10.1. The highest BCUT2D eigenvalue weighted by molar-refractivity contribution is 6.35. The summed E-state index contributed by atoms with van der Waals surface area (Å²) in [6.45, 7) is 1.53. The van der Waals surface area contributed by atoms with Crippen LogP contribution in [0.2, 0.25) is 10.0 Å². The van der Waals surface area contributed by atoms with E-state index in [-0.39, 0.29) is 12.0 Å². The lowest BCUT2D eigenvalue weighted by Gasteiger charge is -2.10. The predicted octanol–water partition coefficient (Wildman–Crippen LogP) is 2.84. The fourth-order valence-corrected chi connectivity index (χ4v) is 2.53. The van der Waals surface area contributed by atoms with Gasteiger partial charge in [0.05, 0.1) is 17.7 Å². The van der Waals surface area contributed by atoms with E-state index in [9.17, 15) is 4.79 Å². The maximum absolute atomic E-state index is 11.6. The number of halogens is 2. The van der Waals surface area contributed by atoms with Gasteiger partial charge in [0, 0.05) is 19.2 Å². The molecule has 7 heteroatoms. The van der Waals surface area contributed by atoms with Gasteiger partial charge in [0.15, 0.2) is 0 Å². The molecule has 1 aromatic rings. The molecule has 5 nitrogen and oxygen atoms in total. The first-order valence-electron chi connectivity index (χ1n) is 6.97. The van der Waals surface area contributed by atoms with Gasteiger partial charge < -0.3 is 14.8 Å². The molecule has 0 radical (unpaired) electrons. The molecule has 0 bridgehead atoms. The molecule has 116 valence electrons. The van der Waals surface area contributed by atoms with Crippen LogP contribution in [-0.2, 0) is 9.53 Å². The smallest absolute Gasteiger partial charge is 0.232 e. The van der Waals surface area contributed by atoms with Crippen molar-refractivity contribution in [1.82, 2.24) is 10.3 Å². The normalized spacial score (nSPS) is 17.7. The Morgan fingerprint density at radius 2 is 2.38 bits per heavy atom. The minimum Gasteiger partial charge on any atom is -0.475 e. The predicted molar refractivity (Wildman–Crippen MR) is 81.0 cm³/mol. The van der Waals surface area contributed by atoms with Crippen molar-refractivity contribution in [2.75, 3.05) is 19.8 Å². The van der Waals surface area contributed by atoms with Crippen LogP contribution in [0.15, 0.2) is 12.3 Å². The number of carbonyl (C=O) groups excluding carboxylic acids is 1. The average Bonchev–Trinajstić information content (AvgIpc) is 2.96. The Morgan fingerprint density at radius 3 is 3.10 bits per heavy atom. The van der Waals surface area contributed by atoms with E-state index < -0.39 is 0 Å². The van der Waals surface area contributed by atoms with Gasteiger partial charge in [-0.3, -0.25) is 4.79 Å². The fraction of sp³-hybridized carbons (Fsp3) is 0.571. The molecule has 0 unspecified atom stereocenters. The summed E-state index contributed by atoms with van der Waals surface area (Å²) in [4.78, 5) is 15.6. The fourth-order valence-electron chi connectivity index (χ4n) is 2.10. The molecule has 1 aliphatic rings. The van der Waals surface area contributed by atoms with Crippen LogP contribution in [0, 0.1) is 0 Å². The van der Waals surface area contributed by atoms with E-state index in [1.807, 2.05) is 0 Å². The van der Waals surface area contributed by atoms with Crippen LogP contribution in [0.5, 0.6) is 5.88 Å². The number of ether oxygens (including phenoxy) is 2. The summed E-state index contributed by atoms with van der Waals surface area (Å²) in [5.74, 6) is 0.318. The topological polar surface area (TPSA) is 60.5 Å². The van der Waals surface area contributed by atoms with Crippen LogP contribution in [0.3, 0.4) is 0 Å². The van der Waals surface area contributed by atoms with Gasteiger partial charge in [0.25, 0.3) is 0 Å². The van der Waals surface area contributed by atoms with Crippen molar-refractivity contribution >= 4 is 29.1 Å². The van der Waals surface area contributed by atoms with E-state index in [1.165, 1.54) is 6.20 Å². The van der Waals surface area contributed by atoms with Gasteiger partial charge in [-0.25, -0.2) is 4.98 Å². The van der Waals surface area contributed by atoms with Crippen molar-refractivity contribution in [3.05, 3.63) is 22.3 Å². The van der Waals surface area contributed by atoms with Gasteiger partial charge in [-0.1, -0.05) is 23.2 Å². The number of carbonyl (C=O) groups is 1. The first-order valence-corrected chi connectivity index (χ1v) is 7.73. The maximum Gasteiger partial charge on any atom is 0.232 e. The minimum atomic E-state index is 0.00395. The molecular weight excluding hydrogens is 315 g/mol. The Hall–Kier alpha value is -1.04. The molecule has 0 aliphatic carbocycles. The molecule has 0 saturated carbocycles. The van der Waals surface area contributed by atoms with Gasteiger partial charge in [0.2, 0.25) is 11.8 Å². The van der Waals surface area contributed by atoms with Crippen LogP contribution in [-0.4, -0.2) is 36.8 Å². The van der Waals surface area contributed by atoms with E-state index in [4.69, 9.17) is 32.7 Å². The molecule has 1 N–H and O–H groups in total. The van der Waals surface area contributed by atoms with Crippen molar-refractivity contribution in [3.8, 4) is 5.88 Å². The Kier molecular flexibility index (Phi) is 6.54. The number of rotatable bonds is 7. The molecule has 1 amide bonds. The van der Waals surface area contributed by atoms with Gasteiger partial charge >= 0.3 is 0 Å². The SMILES string of the molecule is O=C(CC[C@H]1CCCO1)NCCOc1ncc(Cl)cc1Cl. The van der Waals surface area contributed by atoms with Crippen LogP contribution in [0.25, 0.3) is 0 Å². The highest BCUT2D eigenvalue weighted by atomic mass is 35.5. The summed E-state index contributed by atoms with van der Waals surface area (Å²) >= 11 is 11.7. The molecule has 21 heavy (non-hydrogen) atoms. The van der Waals surface area contributed by atoms with Crippen molar-refractivity contribution in [1.29, 1.82) is 0 Å². The number of hydrogen-bond donors (Lipinski definition) is 1. The monoisotopic (exact) mass is 332 g/mol. The number of pyridine rings is 1. The van der Waals surface area contributed by atoms with E-state index >= 15 is 0 Å². The Labute approximate surface area is 133 Å². The van der Waals surface area contributed by atoms with Crippen molar-refractivity contribution in [2.24, 2.45) is 0 Å². The Morgan fingerprint density at radius 1 is 1.52 bits per heavy atom. The van der Waals surface area contributed by atoms with E-state index in [1.54, 1.807) is 6.07 Å². The van der Waals surface area contributed by atoms with Crippen LogP contribution < -0.4 is 10.1 Å². The summed E-state index contributed by atoms with van der Waals surface area (Å²) in [7, 11) is 0. The second kappa shape index (κ2) is 8.41. The molecule has 2 heterocycles. The lowest BCUT2D eigenvalue weighted by molar-refractivity contribution is -0.121. The number of aromatic nitrogens is 1. The third-order valence-electron chi connectivity index (χ3n) is 3.15. The largest absolute Gasteiger partial charge is 0.475 e. The van der Waals surface area contributed by atoms with Crippen LogP contribution >= 0.6 is 23.2 Å². The van der Waals surface area contributed by atoms with Crippen molar-refractivity contribution in [2.45, 2.75) is 31.8 Å². The number of nitrogens with zero attached hydrogens (tertiary/aromatic N) is 1. The quantitative estimate of drug-likeness (QED) is 0.780. The van der Waals surface area contributed by atoms with E-state index in [2.05, 4.69) is 10.3 Å². The van der Waals surface area contributed by atoms with Crippen LogP contribution in [0.1, 0.15) is 25.7 Å². The zero-order valence-electron chi connectivity index (χ0n) is 11.6. The van der Waals surface area contributed by atoms with Gasteiger partial charge in [-0.05, 0) is 25.3 Å². The second-order valence-electron chi connectivity index (χ2n) is 4.81. The highest BCUT2D eigenvalue weighted by Gasteiger charge is 2.16. The molecule has 0 aromatic carbocycles. The molecule has 1 atom stereocenters. The summed E-state index contributed by atoms with van der Waals surface area (Å²) in [6, 6.07) is 1.56. The Bertz CT molecular complexity index is 479. The van der Waals surface area contributed by atoms with Gasteiger partial charge in [0.1, 0.15) is 11.6 Å². The number of nitrogens with one attached hydrogen (secondary N) is 1. The summed E-state index contributed by atoms with van der Waals surface area (Å²) in [5, 5.41) is 3.60. The third kappa shape index (κ3) is 5.69. The summed E-state index contributed by atoms with van der Waals surface area (Å²) in [5.41, 5.74) is 0. The third-order valence-corrected chi connectivity index (χ3v) is 3.63. The molecule has 1 fully saturated rings. The molecule has 0 spiro atoms. The standard InChI is InChI=1S/C14H18Cl2N2O3/c15-10-8-12(16)14(18-9-10)21-7-5-17-13(19)4-3-11-2-1-6-20-11/h8-9,11H,1-7H2,(H,17,19)/t11-/m1/s1. The van der Waals surface area contributed by atoms with Crippen LogP contribution in [0.4, 0.5) is 0 Å². The summed E-state index contributed by atoms with van der Waals surface area (Å²) < 4.78 is 10.9. The number of amides is 1. The van der Waals surface area contributed by atoms with E-state index in [0.29, 0.717) is 35.5 Å². The Balaban J connectivity index is 1.59. The lowest BCUT2D eigenvalue weighted by atomic mass is 10.1. The van der Waals surface area contributed by atoms with E-state index in [0.717, 1.165) is 25.9 Å². The molecular formula is C14H18Cl2N2O3. The van der Waals surface area contributed by atoms with Gasteiger partial charge in [-0.2, -0.15) is 0 Å². The number of hydrogen-bond acceptors (Lipinski definition) is 4. The average molecular weight is 333 g/mol. The maximum atomic E-state index is 11.6. The molecule has 2 rings (SSSR count). The zero-order chi connectivity index (χ0) is 15.1. The first kappa shape index (κ1) is 16.3. The van der Waals surface area contributed by atoms with Gasteiger partial charge in [-0.15, -0.1) is 0 Å². The highest BCUT2D eigenvalue weighted by Crippen LogP contribution is 2.24. The van der Waals surface area contributed by atoms with Crippen molar-refractivity contribution in [3.63, 3.8) is 0 Å². The lowest BCUT2D eigenvalue weighted by Crippen LogP contribution is -2.28. The second-order valence-corrected chi connectivity index (χ2v) is 5.66. The molecule has 1 aliphatic heterocycles. The zero-order valence-corrected chi connectivity index (χ0v) is 13.1. The molecule has 1 aromatic heterocycles. The summed E-state index contributed by atoms with van der Waals surface area (Å²) in [6.07, 6.45) is 5.10. The molecule has 1 saturated heterocycles. The minimum absolute atomic E-state index is 0.00395.